The number of anilines is 2. The fourth-order valence-corrected chi connectivity index (χ4v) is 7.93. The van der Waals surface area contributed by atoms with Gasteiger partial charge in [-0.05, 0) is 110 Å². The van der Waals surface area contributed by atoms with Gasteiger partial charge >= 0.3 is 0 Å². The van der Waals surface area contributed by atoms with Crippen LogP contribution >= 0.6 is 49.6 Å². The molecule has 0 bridgehead atoms. The molecule has 2 saturated heterocycles. The summed E-state index contributed by atoms with van der Waals surface area (Å²) in [6.45, 7) is 8.80. The quantitative estimate of drug-likeness (QED) is 0.114. The number of methoxy groups -OCH3 is 2. The van der Waals surface area contributed by atoms with Gasteiger partial charge in [-0.3, -0.25) is 0 Å². The van der Waals surface area contributed by atoms with Crippen molar-refractivity contribution in [1.82, 2.24) is 30.1 Å². The van der Waals surface area contributed by atoms with Gasteiger partial charge in [-0.2, -0.15) is 9.97 Å². The predicted molar refractivity (Wildman–Crippen MR) is 281 cm³/mol. The van der Waals surface area contributed by atoms with E-state index in [1.165, 1.54) is 32.9 Å². The van der Waals surface area contributed by atoms with Crippen molar-refractivity contribution in [2.75, 3.05) is 90.5 Å². The van der Waals surface area contributed by atoms with Crippen LogP contribution in [-0.2, 0) is 13.2 Å². The van der Waals surface area contributed by atoms with Crippen LogP contribution in [0.2, 0.25) is 0 Å². The highest BCUT2D eigenvalue weighted by Gasteiger charge is 2.19. The van der Waals surface area contributed by atoms with Crippen molar-refractivity contribution < 1.29 is 33.5 Å². The van der Waals surface area contributed by atoms with E-state index in [0.29, 0.717) is 23.4 Å². The molecule has 6 aromatic carbocycles. The molecule has 368 valence electrons. The van der Waals surface area contributed by atoms with Crippen molar-refractivity contribution in [2.24, 2.45) is 0 Å². The number of halogens is 4. The summed E-state index contributed by atoms with van der Waals surface area (Å²) in [5, 5.41) is 12.9. The van der Waals surface area contributed by atoms with Crippen LogP contribution in [0.15, 0.2) is 130 Å². The summed E-state index contributed by atoms with van der Waals surface area (Å²) >= 11 is 0. The Morgan fingerprint density at radius 2 is 0.826 bits per heavy atom. The molecule has 0 saturated carbocycles. The maximum atomic E-state index is 6.00. The molecule has 10 rings (SSSR count). The first-order valence-electron chi connectivity index (χ1n) is 21.5. The fourth-order valence-electron chi connectivity index (χ4n) is 7.93. The number of aromatic nitrogens is 4. The molecule has 69 heavy (non-hydrogen) atoms. The van der Waals surface area contributed by atoms with Crippen LogP contribution in [-0.4, -0.2) is 116 Å². The zero-order chi connectivity index (χ0) is 43.8. The second-order valence-electron chi connectivity index (χ2n) is 16.0. The minimum Gasteiger partial charge on any atom is -0.497 e. The Balaban J connectivity index is 0.000000280. The van der Waals surface area contributed by atoms with Gasteiger partial charge in [0.1, 0.15) is 23.0 Å². The maximum absolute atomic E-state index is 6.00. The van der Waals surface area contributed by atoms with E-state index in [-0.39, 0.29) is 68.3 Å². The predicted octanol–water partition coefficient (Wildman–Crippen LogP) is 9.32. The summed E-state index contributed by atoms with van der Waals surface area (Å²) in [5.74, 6) is 5.06. The second kappa shape index (κ2) is 26.1. The lowest BCUT2D eigenvalue weighted by molar-refractivity contribution is 0.243. The Morgan fingerprint density at radius 1 is 0.464 bits per heavy atom. The number of benzene rings is 6. The minimum atomic E-state index is 0. The van der Waals surface area contributed by atoms with Gasteiger partial charge < -0.3 is 53.1 Å². The molecule has 0 amide bonds. The van der Waals surface area contributed by atoms with Crippen LogP contribution in [0.4, 0.5) is 11.4 Å². The van der Waals surface area contributed by atoms with Crippen molar-refractivity contribution in [3.8, 4) is 45.8 Å². The van der Waals surface area contributed by atoms with Crippen molar-refractivity contribution in [1.29, 1.82) is 0 Å². The molecule has 0 spiro atoms. The summed E-state index contributed by atoms with van der Waals surface area (Å²) in [7, 11) is 7.62. The molecule has 2 aliphatic heterocycles. The van der Waals surface area contributed by atoms with Crippen LogP contribution in [0.5, 0.6) is 23.0 Å². The third-order valence-electron chi connectivity index (χ3n) is 11.7. The van der Waals surface area contributed by atoms with E-state index < -0.39 is 0 Å². The molecule has 15 nitrogen and oxygen atoms in total. The van der Waals surface area contributed by atoms with E-state index in [2.05, 4.69) is 115 Å². The molecule has 2 aromatic heterocycles. The van der Waals surface area contributed by atoms with Gasteiger partial charge in [0.05, 0.1) is 14.2 Å². The van der Waals surface area contributed by atoms with E-state index in [1.54, 1.807) is 14.2 Å². The Labute approximate surface area is 426 Å². The Hall–Kier alpha value is -6.04. The molecule has 0 aliphatic carbocycles. The van der Waals surface area contributed by atoms with Crippen molar-refractivity contribution in [3.05, 3.63) is 133 Å². The zero-order valence-corrected chi connectivity index (χ0v) is 42.0. The molecule has 0 atom stereocenters. The number of nitrogens with zero attached hydrogens (tertiary/aromatic N) is 8. The fraction of sp³-hybridized carbons (Fsp3) is 0.280. The monoisotopic (exact) mass is 1020 g/mol. The highest BCUT2D eigenvalue weighted by Crippen LogP contribution is 2.33. The van der Waals surface area contributed by atoms with Gasteiger partial charge in [0.25, 0.3) is 11.8 Å². The Bertz CT molecular complexity index is 2610. The number of rotatable bonds is 12. The van der Waals surface area contributed by atoms with Crippen molar-refractivity contribution in [2.45, 2.75) is 13.2 Å². The standard InChI is InChI=1S/2C25H26N4O3.4ClH.H2O/c2*1-28-12-14-29(15-13-28)23-5-3-4-18-6-11-21(16-22(18)23)31-17-24-26-25(27-32-24)19-7-9-20(30-2)10-8-19;;;;;/h2*3-11,16H,12-15,17H2,1-2H3;4*1H;1H2. The SMILES string of the molecule is COc1ccc(-c2noc(COc3ccc4cccc(N5CCN(C)CC5)c4c3)n2)cc1.COc1ccc(-c2noc(COc3ccc4cccc(N5CCN(C)CC5)c4c3)n2)cc1.Cl.Cl.Cl.Cl.O. The molecular formula is C50H58Cl4N8O7. The summed E-state index contributed by atoms with van der Waals surface area (Å²) in [6, 6.07) is 40.3. The van der Waals surface area contributed by atoms with Crippen LogP contribution in [0, 0.1) is 0 Å². The first kappa shape index (κ1) is 55.6. The molecule has 2 fully saturated rings. The molecule has 2 N–H and O–H groups in total. The van der Waals surface area contributed by atoms with Gasteiger partial charge in [0, 0.05) is 85.6 Å². The largest absolute Gasteiger partial charge is 0.497 e. The first-order chi connectivity index (χ1) is 31.4. The van der Waals surface area contributed by atoms with E-state index >= 15 is 0 Å². The maximum Gasteiger partial charge on any atom is 0.264 e. The number of likely N-dealkylation sites (N-methyl/N-ethyl adjacent to an activating group) is 2. The Morgan fingerprint density at radius 3 is 1.19 bits per heavy atom. The van der Waals surface area contributed by atoms with E-state index in [1.807, 2.05) is 60.7 Å². The number of piperazine rings is 2. The van der Waals surface area contributed by atoms with Crippen LogP contribution < -0.4 is 28.7 Å². The molecule has 4 heterocycles. The second-order valence-corrected chi connectivity index (χ2v) is 16.0. The molecule has 0 unspecified atom stereocenters. The van der Waals surface area contributed by atoms with Crippen LogP contribution in [0.1, 0.15) is 11.8 Å². The average molecular weight is 1020 g/mol. The number of hydrogen-bond donors (Lipinski definition) is 0. The van der Waals surface area contributed by atoms with Crippen LogP contribution in [0.25, 0.3) is 44.3 Å². The molecule has 2 aliphatic rings. The van der Waals surface area contributed by atoms with Crippen molar-refractivity contribution in [3.63, 3.8) is 0 Å². The van der Waals surface area contributed by atoms with Gasteiger partial charge in [-0.25, -0.2) is 0 Å². The number of ether oxygens (including phenoxy) is 4. The summed E-state index contributed by atoms with van der Waals surface area (Å²) in [5.41, 5.74) is 4.23. The lowest BCUT2D eigenvalue weighted by Gasteiger charge is -2.34. The van der Waals surface area contributed by atoms with E-state index in [9.17, 15) is 0 Å². The van der Waals surface area contributed by atoms with Crippen molar-refractivity contribution >= 4 is 82.5 Å². The topological polar surface area (TPSA) is 159 Å². The van der Waals surface area contributed by atoms with Crippen LogP contribution in [0.3, 0.4) is 0 Å². The van der Waals surface area contributed by atoms with E-state index in [0.717, 1.165) is 86.5 Å². The normalized spacial score (nSPS) is 13.6. The van der Waals surface area contributed by atoms with Gasteiger partial charge in [-0.15, -0.1) is 49.6 Å². The number of fused-ring (bicyclic) bond motifs is 2. The zero-order valence-electron chi connectivity index (χ0n) is 38.8. The van der Waals surface area contributed by atoms with Gasteiger partial charge in [0.2, 0.25) is 11.6 Å². The average Bonchev–Trinajstić information content (AvgIpc) is 4.04. The van der Waals surface area contributed by atoms with E-state index in [4.69, 9.17) is 28.0 Å². The summed E-state index contributed by atoms with van der Waals surface area (Å²) in [4.78, 5) is 18.5. The molecule has 8 aromatic rings. The van der Waals surface area contributed by atoms with Gasteiger partial charge in [0.15, 0.2) is 13.2 Å². The lowest BCUT2D eigenvalue weighted by Crippen LogP contribution is -2.44. The number of hydrogen-bond acceptors (Lipinski definition) is 14. The minimum absolute atomic E-state index is 0. The first-order valence-corrected chi connectivity index (χ1v) is 21.5. The third-order valence-corrected chi connectivity index (χ3v) is 11.7. The molecule has 19 heteroatoms. The lowest BCUT2D eigenvalue weighted by atomic mass is 10.1. The highest BCUT2D eigenvalue weighted by molar-refractivity contribution is 5.96. The Kier molecular flexibility index (Phi) is 21.0. The summed E-state index contributed by atoms with van der Waals surface area (Å²) in [6.07, 6.45) is 0. The smallest absolute Gasteiger partial charge is 0.264 e. The molecule has 0 radical (unpaired) electrons. The highest BCUT2D eigenvalue weighted by atomic mass is 35.5. The van der Waals surface area contributed by atoms with Gasteiger partial charge in [-0.1, -0.05) is 46.7 Å². The molecular weight excluding hydrogens is 966 g/mol. The summed E-state index contributed by atoms with van der Waals surface area (Å²) < 4.78 is 33.2. The third kappa shape index (κ3) is 13.6.